The summed E-state index contributed by atoms with van der Waals surface area (Å²) in [5.74, 6) is -0.174. The first-order valence-corrected chi connectivity index (χ1v) is 9.31. The summed E-state index contributed by atoms with van der Waals surface area (Å²) >= 11 is 11.9. The number of rotatable bonds is 6. The van der Waals surface area contributed by atoms with Gasteiger partial charge >= 0.3 is 0 Å². The minimum atomic E-state index is -3.51. The maximum atomic E-state index is 12.4. The van der Waals surface area contributed by atoms with Crippen LogP contribution in [0.1, 0.15) is 30.5 Å². The highest BCUT2D eigenvalue weighted by atomic mass is 35.5. The molecule has 22 heavy (non-hydrogen) atoms. The first-order valence-electron chi connectivity index (χ1n) is 6.90. The molecule has 0 amide bonds. The lowest BCUT2D eigenvalue weighted by atomic mass is 10.1. The van der Waals surface area contributed by atoms with Gasteiger partial charge in [-0.2, -0.15) is 0 Å². The number of sulfonamides is 1. The fraction of sp³-hybridized carbons (Fsp3) is 0.250. The highest BCUT2D eigenvalue weighted by Gasteiger charge is 2.19. The number of nitrogens with one attached hydrogen (secondary N) is 1. The van der Waals surface area contributed by atoms with Crippen LogP contribution in [0.2, 0.25) is 10.0 Å². The standard InChI is InChI=1S/C16H17Cl2NO2S/c1-2-16(12-6-4-3-5-7-12)19-22(20,21)11-13-8-9-14(17)10-15(13)18/h3-10,16,19H,2,11H2,1H3/t16-/m1/s1. The smallest absolute Gasteiger partial charge is 0.212 e. The first kappa shape index (κ1) is 17.3. The van der Waals surface area contributed by atoms with Gasteiger partial charge in [0.25, 0.3) is 0 Å². The molecule has 0 aromatic heterocycles. The Labute approximate surface area is 141 Å². The summed E-state index contributed by atoms with van der Waals surface area (Å²) in [5, 5.41) is 0.834. The fourth-order valence-electron chi connectivity index (χ4n) is 2.17. The van der Waals surface area contributed by atoms with Crippen LogP contribution in [0.15, 0.2) is 48.5 Å². The molecule has 0 unspecified atom stereocenters. The lowest BCUT2D eigenvalue weighted by Crippen LogP contribution is -2.29. The molecule has 0 heterocycles. The van der Waals surface area contributed by atoms with Gasteiger partial charge in [-0.25, -0.2) is 13.1 Å². The number of hydrogen-bond donors (Lipinski definition) is 1. The third-order valence-corrected chi connectivity index (χ3v) is 5.21. The van der Waals surface area contributed by atoms with Gasteiger partial charge in [0, 0.05) is 16.1 Å². The summed E-state index contributed by atoms with van der Waals surface area (Å²) in [7, 11) is -3.51. The molecule has 118 valence electrons. The van der Waals surface area contributed by atoms with E-state index in [1.807, 2.05) is 37.3 Å². The molecule has 2 aromatic rings. The Bertz CT molecular complexity index is 733. The average molecular weight is 358 g/mol. The van der Waals surface area contributed by atoms with Crippen LogP contribution in [0, 0.1) is 0 Å². The van der Waals surface area contributed by atoms with Crippen molar-refractivity contribution < 1.29 is 8.42 Å². The zero-order valence-corrected chi connectivity index (χ0v) is 14.4. The molecule has 1 N–H and O–H groups in total. The summed E-state index contributed by atoms with van der Waals surface area (Å²) < 4.78 is 27.5. The van der Waals surface area contributed by atoms with Crippen LogP contribution < -0.4 is 4.72 Å². The minimum Gasteiger partial charge on any atom is -0.212 e. The lowest BCUT2D eigenvalue weighted by Gasteiger charge is -2.18. The molecule has 0 saturated heterocycles. The van der Waals surface area contributed by atoms with Crippen molar-refractivity contribution in [2.45, 2.75) is 25.1 Å². The first-order chi connectivity index (χ1) is 10.4. The van der Waals surface area contributed by atoms with Crippen molar-refractivity contribution in [2.75, 3.05) is 0 Å². The van der Waals surface area contributed by atoms with Crippen molar-refractivity contribution in [3.05, 3.63) is 69.7 Å². The van der Waals surface area contributed by atoms with Gasteiger partial charge in [-0.3, -0.25) is 0 Å². The summed E-state index contributed by atoms with van der Waals surface area (Å²) in [6.07, 6.45) is 0.664. The Morgan fingerprint density at radius 2 is 1.77 bits per heavy atom. The van der Waals surface area contributed by atoms with E-state index in [-0.39, 0.29) is 11.8 Å². The minimum absolute atomic E-state index is 0.174. The normalized spacial score (nSPS) is 13.0. The van der Waals surface area contributed by atoms with Crippen molar-refractivity contribution in [1.29, 1.82) is 0 Å². The monoisotopic (exact) mass is 357 g/mol. The van der Waals surface area contributed by atoms with Crippen molar-refractivity contribution in [1.82, 2.24) is 4.72 Å². The maximum absolute atomic E-state index is 12.4. The van der Waals surface area contributed by atoms with Crippen LogP contribution in [0.4, 0.5) is 0 Å². The van der Waals surface area contributed by atoms with E-state index < -0.39 is 10.0 Å². The molecular weight excluding hydrogens is 341 g/mol. The number of benzene rings is 2. The number of halogens is 2. The van der Waals surface area contributed by atoms with E-state index >= 15 is 0 Å². The SMILES string of the molecule is CC[C@@H](NS(=O)(=O)Cc1ccc(Cl)cc1Cl)c1ccccc1. The molecule has 6 heteroatoms. The van der Waals surface area contributed by atoms with E-state index in [1.165, 1.54) is 0 Å². The van der Waals surface area contributed by atoms with E-state index in [0.717, 1.165) is 5.56 Å². The third kappa shape index (κ3) is 4.71. The molecule has 0 bridgehead atoms. The van der Waals surface area contributed by atoms with E-state index in [0.29, 0.717) is 22.0 Å². The topological polar surface area (TPSA) is 46.2 Å². The van der Waals surface area contributed by atoms with Gasteiger partial charge in [-0.1, -0.05) is 66.5 Å². The van der Waals surface area contributed by atoms with E-state index in [2.05, 4.69) is 4.72 Å². The van der Waals surface area contributed by atoms with Crippen LogP contribution in [0.3, 0.4) is 0 Å². The average Bonchev–Trinajstić information content (AvgIpc) is 2.49. The Morgan fingerprint density at radius 3 is 2.36 bits per heavy atom. The van der Waals surface area contributed by atoms with Gasteiger partial charge in [-0.05, 0) is 29.7 Å². The maximum Gasteiger partial charge on any atom is 0.216 e. The van der Waals surface area contributed by atoms with Gasteiger partial charge in [-0.15, -0.1) is 0 Å². The predicted molar refractivity (Wildman–Crippen MR) is 91.7 cm³/mol. The van der Waals surface area contributed by atoms with E-state index in [1.54, 1.807) is 18.2 Å². The van der Waals surface area contributed by atoms with Crippen molar-refractivity contribution >= 4 is 33.2 Å². The molecule has 0 saturated carbocycles. The largest absolute Gasteiger partial charge is 0.216 e. The Hall–Kier alpha value is -1.07. The van der Waals surface area contributed by atoms with Crippen LogP contribution in [0.25, 0.3) is 0 Å². The van der Waals surface area contributed by atoms with E-state index in [9.17, 15) is 8.42 Å². The molecule has 2 aromatic carbocycles. The van der Waals surface area contributed by atoms with Crippen molar-refractivity contribution in [3.8, 4) is 0 Å². The Kier molecular flexibility index (Phi) is 5.87. The molecule has 0 fully saturated rings. The number of hydrogen-bond acceptors (Lipinski definition) is 2. The molecule has 0 spiro atoms. The summed E-state index contributed by atoms with van der Waals surface area (Å²) in [4.78, 5) is 0. The lowest BCUT2D eigenvalue weighted by molar-refractivity contribution is 0.549. The molecule has 0 aliphatic carbocycles. The van der Waals surface area contributed by atoms with Gasteiger partial charge in [0.05, 0.1) is 5.75 Å². The van der Waals surface area contributed by atoms with Crippen LogP contribution in [0.5, 0.6) is 0 Å². The van der Waals surface area contributed by atoms with Gasteiger partial charge in [0.15, 0.2) is 0 Å². The molecule has 1 atom stereocenters. The molecular formula is C16H17Cl2NO2S. The summed E-state index contributed by atoms with van der Waals surface area (Å²) in [6, 6.07) is 14.1. The zero-order chi connectivity index (χ0) is 16.2. The molecule has 0 aliphatic rings. The van der Waals surface area contributed by atoms with Crippen molar-refractivity contribution in [3.63, 3.8) is 0 Å². The fourth-order valence-corrected chi connectivity index (χ4v) is 4.21. The van der Waals surface area contributed by atoms with Crippen LogP contribution in [-0.4, -0.2) is 8.42 Å². The van der Waals surface area contributed by atoms with Gasteiger partial charge in [0.2, 0.25) is 10.0 Å². The van der Waals surface area contributed by atoms with Gasteiger partial charge in [0.1, 0.15) is 0 Å². The predicted octanol–water partition coefficient (Wildman–Crippen LogP) is 4.56. The zero-order valence-electron chi connectivity index (χ0n) is 12.1. The van der Waals surface area contributed by atoms with Gasteiger partial charge < -0.3 is 0 Å². The highest BCUT2D eigenvalue weighted by molar-refractivity contribution is 7.88. The second kappa shape index (κ2) is 7.47. The summed E-state index contributed by atoms with van der Waals surface area (Å²) in [6.45, 7) is 1.94. The molecule has 0 radical (unpaired) electrons. The Morgan fingerprint density at radius 1 is 1.09 bits per heavy atom. The molecule has 3 nitrogen and oxygen atoms in total. The third-order valence-electron chi connectivity index (χ3n) is 3.29. The van der Waals surface area contributed by atoms with E-state index in [4.69, 9.17) is 23.2 Å². The van der Waals surface area contributed by atoms with Crippen LogP contribution >= 0.6 is 23.2 Å². The molecule has 2 rings (SSSR count). The Balaban J connectivity index is 2.16. The second-order valence-corrected chi connectivity index (χ2v) is 7.58. The van der Waals surface area contributed by atoms with Crippen LogP contribution in [-0.2, 0) is 15.8 Å². The highest BCUT2D eigenvalue weighted by Crippen LogP contribution is 2.24. The quantitative estimate of drug-likeness (QED) is 0.823. The van der Waals surface area contributed by atoms with Crippen molar-refractivity contribution in [2.24, 2.45) is 0 Å². The summed E-state index contributed by atoms with van der Waals surface area (Å²) in [5.41, 5.74) is 1.47. The second-order valence-electron chi connectivity index (χ2n) is 4.98. The molecule has 0 aliphatic heterocycles.